The van der Waals surface area contributed by atoms with Crippen LogP contribution in [0.2, 0.25) is 0 Å². The average Bonchev–Trinajstić information content (AvgIpc) is 2.32. The maximum atomic E-state index is 11.9. The van der Waals surface area contributed by atoms with Crippen molar-refractivity contribution in [3.05, 3.63) is 52.3 Å². The molecule has 2 rings (SSSR count). The van der Waals surface area contributed by atoms with Crippen LogP contribution in [-0.2, 0) is 0 Å². The second kappa shape index (κ2) is 5.05. The number of anilines is 1. The molecule has 0 saturated heterocycles. The zero-order valence-corrected chi connectivity index (χ0v) is 10.7. The van der Waals surface area contributed by atoms with Gasteiger partial charge in [-0.1, -0.05) is 18.2 Å². The molecule has 1 aromatic heterocycles. The minimum atomic E-state index is -0.203. The van der Waals surface area contributed by atoms with Crippen molar-refractivity contribution in [2.75, 3.05) is 5.32 Å². The number of aryl methyl sites for hydroxylation is 1. The van der Waals surface area contributed by atoms with Crippen molar-refractivity contribution in [1.29, 1.82) is 0 Å². The number of benzene rings is 1. The molecule has 0 fully saturated rings. The molecule has 4 nitrogen and oxygen atoms in total. The summed E-state index contributed by atoms with van der Waals surface area (Å²) in [5.74, 6) is 0.0897. The number of halogens is 1. The van der Waals surface area contributed by atoms with Crippen molar-refractivity contribution >= 4 is 27.8 Å². The minimum absolute atomic E-state index is 0.203. The number of hydrogen-bond donors (Lipinski definition) is 1. The van der Waals surface area contributed by atoms with Crippen molar-refractivity contribution < 1.29 is 4.79 Å². The molecule has 0 atom stereocenters. The van der Waals surface area contributed by atoms with E-state index in [1.807, 2.05) is 25.1 Å². The predicted molar refractivity (Wildman–Crippen MR) is 68.9 cm³/mol. The van der Waals surface area contributed by atoms with Gasteiger partial charge in [-0.05, 0) is 34.5 Å². The zero-order chi connectivity index (χ0) is 12.3. The van der Waals surface area contributed by atoms with Crippen molar-refractivity contribution in [3.8, 4) is 0 Å². The summed E-state index contributed by atoms with van der Waals surface area (Å²) in [6, 6.07) is 7.37. The Bertz CT molecular complexity index is 540. The topological polar surface area (TPSA) is 54.9 Å². The van der Waals surface area contributed by atoms with Crippen LogP contribution in [0.1, 0.15) is 15.9 Å². The lowest BCUT2D eigenvalue weighted by Crippen LogP contribution is -2.15. The monoisotopic (exact) mass is 291 g/mol. The molecule has 17 heavy (non-hydrogen) atoms. The SMILES string of the molecule is Cc1ccccc1C(=O)Nc1ncc(Br)cn1. The van der Waals surface area contributed by atoms with Gasteiger partial charge in [0.15, 0.2) is 0 Å². The molecule has 0 unspecified atom stereocenters. The van der Waals surface area contributed by atoms with Crippen molar-refractivity contribution in [2.24, 2.45) is 0 Å². The molecule has 0 aliphatic rings. The summed E-state index contributed by atoms with van der Waals surface area (Å²) in [6.07, 6.45) is 3.17. The predicted octanol–water partition coefficient (Wildman–Crippen LogP) is 2.80. The number of amides is 1. The molecule has 1 heterocycles. The van der Waals surface area contributed by atoms with Gasteiger partial charge in [0, 0.05) is 18.0 Å². The van der Waals surface area contributed by atoms with Gasteiger partial charge in [-0.2, -0.15) is 0 Å². The molecular formula is C12H10BrN3O. The van der Waals surface area contributed by atoms with Crippen LogP contribution in [0.5, 0.6) is 0 Å². The van der Waals surface area contributed by atoms with Crippen LogP contribution >= 0.6 is 15.9 Å². The Balaban J connectivity index is 2.17. The smallest absolute Gasteiger partial charge is 0.258 e. The van der Waals surface area contributed by atoms with Gasteiger partial charge >= 0.3 is 0 Å². The van der Waals surface area contributed by atoms with Crippen LogP contribution in [0, 0.1) is 6.92 Å². The molecule has 1 aromatic carbocycles. The highest BCUT2D eigenvalue weighted by Gasteiger charge is 2.09. The fourth-order valence-electron chi connectivity index (χ4n) is 1.37. The lowest BCUT2D eigenvalue weighted by atomic mass is 10.1. The Morgan fingerprint density at radius 3 is 2.53 bits per heavy atom. The van der Waals surface area contributed by atoms with Crippen LogP contribution in [0.3, 0.4) is 0 Å². The summed E-state index contributed by atoms with van der Waals surface area (Å²) in [7, 11) is 0. The molecule has 2 aromatic rings. The second-order valence-corrected chi connectivity index (χ2v) is 4.41. The van der Waals surface area contributed by atoms with Gasteiger partial charge in [0.05, 0.1) is 4.47 Å². The zero-order valence-electron chi connectivity index (χ0n) is 9.14. The number of carbonyl (C=O) groups excluding carboxylic acids is 1. The fourth-order valence-corrected chi connectivity index (χ4v) is 1.58. The van der Waals surface area contributed by atoms with Gasteiger partial charge in [-0.25, -0.2) is 9.97 Å². The molecular weight excluding hydrogens is 282 g/mol. The average molecular weight is 292 g/mol. The van der Waals surface area contributed by atoms with E-state index in [-0.39, 0.29) is 5.91 Å². The van der Waals surface area contributed by atoms with E-state index in [0.717, 1.165) is 10.0 Å². The van der Waals surface area contributed by atoms with E-state index in [9.17, 15) is 4.79 Å². The molecule has 0 aliphatic carbocycles. The molecule has 1 amide bonds. The van der Waals surface area contributed by atoms with Crippen molar-refractivity contribution in [3.63, 3.8) is 0 Å². The third-order valence-electron chi connectivity index (χ3n) is 2.24. The number of rotatable bonds is 2. The van der Waals surface area contributed by atoms with Crippen molar-refractivity contribution in [1.82, 2.24) is 9.97 Å². The van der Waals surface area contributed by atoms with Crippen LogP contribution in [0.15, 0.2) is 41.1 Å². The number of nitrogens with one attached hydrogen (secondary N) is 1. The molecule has 0 radical (unpaired) electrons. The minimum Gasteiger partial charge on any atom is -0.290 e. The van der Waals surface area contributed by atoms with E-state index in [1.54, 1.807) is 18.5 Å². The summed E-state index contributed by atoms with van der Waals surface area (Å²) >= 11 is 3.23. The fraction of sp³-hybridized carbons (Fsp3) is 0.0833. The van der Waals surface area contributed by atoms with Gasteiger partial charge in [0.25, 0.3) is 5.91 Å². The number of hydrogen-bond acceptors (Lipinski definition) is 3. The Morgan fingerprint density at radius 2 is 1.88 bits per heavy atom. The van der Waals surface area contributed by atoms with Gasteiger partial charge in [0.2, 0.25) is 5.95 Å². The standard InChI is InChI=1S/C12H10BrN3O/c1-8-4-2-3-5-10(8)11(17)16-12-14-6-9(13)7-15-12/h2-7H,1H3,(H,14,15,16,17). The third kappa shape index (κ3) is 2.88. The summed E-state index contributed by atoms with van der Waals surface area (Å²) in [5.41, 5.74) is 1.54. The van der Waals surface area contributed by atoms with Gasteiger partial charge in [-0.15, -0.1) is 0 Å². The van der Waals surface area contributed by atoms with E-state index in [2.05, 4.69) is 31.2 Å². The largest absolute Gasteiger partial charge is 0.290 e. The number of aromatic nitrogens is 2. The molecule has 86 valence electrons. The van der Waals surface area contributed by atoms with Crippen LogP contribution < -0.4 is 5.32 Å². The summed E-state index contributed by atoms with van der Waals surface area (Å²) < 4.78 is 0.770. The second-order valence-electron chi connectivity index (χ2n) is 3.49. The maximum Gasteiger partial charge on any atom is 0.258 e. The molecule has 0 aliphatic heterocycles. The lowest BCUT2D eigenvalue weighted by molar-refractivity contribution is 0.102. The highest BCUT2D eigenvalue weighted by molar-refractivity contribution is 9.10. The Kier molecular flexibility index (Phi) is 3.49. The van der Waals surface area contributed by atoms with E-state index < -0.39 is 0 Å². The lowest BCUT2D eigenvalue weighted by Gasteiger charge is -2.05. The molecule has 0 spiro atoms. The first kappa shape index (κ1) is 11.7. The Labute approximate surface area is 107 Å². The Morgan fingerprint density at radius 1 is 1.24 bits per heavy atom. The third-order valence-corrected chi connectivity index (χ3v) is 2.64. The Hall–Kier alpha value is -1.75. The quantitative estimate of drug-likeness (QED) is 0.926. The van der Waals surface area contributed by atoms with Gasteiger partial charge in [-0.3, -0.25) is 10.1 Å². The van der Waals surface area contributed by atoms with E-state index in [1.165, 1.54) is 0 Å². The first-order valence-electron chi connectivity index (χ1n) is 5.01. The number of carbonyl (C=O) groups is 1. The van der Waals surface area contributed by atoms with Crippen molar-refractivity contribution in [2.45, 2.75) is 6.92 Å². The van der Waals surface area contributed by atoms with E-state index >= 15 is 0 Å². The van der Waals surface area contributed by atoms with Gasteiger partial charge in [0.1, 0.15) is 0 Å². The summed E-state index contributed by atoms with van der Waals surface area (Å²) in [6.45, 7) is 1.89. The van der Waals surface area contributed by atoms with Gasteiger partial charge < -0.3 is 0 Å². The first-order valence-corrected chi connectivity index (χ1v) is 5.80. The molecule has 5 heteroatoms. The number of nitrogens with zero attached hydrogens (tertiary/aromatic N) is 2. The summed E-state index contributed by atoms with van der Waals surface area (Å²) in [5, 5.41) is 2.64. The van der Waals surface area contributed by atoms with Crippen LogP contribution in [-0.4, -0.2) is 15.9 Å². The molecule has 1 N–H and O–H groups in total. The van der Waals surface area contributed by atoms with E-state index in [0.29, 0.717) is 11.5 Å². The normalized spacial score (nSPS) is 10.0. The van der Waals surface area contributed by atoms with Crippen LogP contribution in [0.25, 0.3) is 0 Å². The first-order chi connectivity index (χ1) is 8.16. The summed E-state index contributed by atoms with van der Waals surface area (Å²) in [4.78, 5) is 19.9. The maximum absolute atomic E-state index is 11.9. The molecule has 0 bridgehead atoms. The van der Waals surface area contributed by atoms with E-state index in [4.69, 9.17) is 0 Å². The molecule has 0 saturated carbocycles. The van der Waals surface area contributed by atoms with Crippen LogP contribution in [0.4, 0.5) is 5.95 Å². The highest BCUT2D eigenvalue weighted by Crippen LogP contribution is 2.10. The highest BCUT2D eigenvalue weighted by atomic mass is 79.9.